The van der Waals surface area contributed by atoms with Gasteiger partial charge in [-0.15, -0.1) is 0 Å². The number of hydrogen-bond donors (Lipinski definition) is 1. The van der Waals surface area contributed by atoms with E-state index in [1.54, 1.807) is 33.4 Å². The van der Waals surface area contributed by atoms with E-state index < -0.39 is 0 Å². The largest absolute Gasteiger partial charge is 0.347 e. The lowest BCUT2D eigenvalue weighted by Crippen LogP contribution is -2.37. The van der Waals surface area contributed by atoms with Crippen LogP contribution in [0.4, 0.5) is 5.95 Å². The van der Waals surface area contributed by atoms with Gasteiger partial charge < -0.3 is 10.2 Å². The van der Waals surface area contributed by atoms with Gasteiger partial charge in [-0.1, -0.05) is 0 Å². The summed E-state index contributed by atoms with van der Waals surface area (Å²) in [6.45, 7) is 1.77. The van der Waals surface area contributed by atoms with Crippen LogP contribution in [-0.2, 0) is 4.79 Å². The predicted octanol–water partition coefficient (Wildman–Crippen LogP) is 1.13. The number of amides is 1. The molecule has 0 bridgehead atoms. The zero-order chi connectivity index (χ0) is 11.4. The van der Waals surface area contributed by atoms with Crippen molar-refractivity contribution in [2.24, 2.45) is 0 Å². The van der Waals surface area contributed by atoms with Crippen LogP contribution in [0, 0.1) is 0 Å². The van der Waals surface area contributed by atoms with Crippen LogP contribution in [0.5, 0.6) is 0 Å². The number of rotatable bonds is 3. The normalized spacial score (nSPS) is 12.0. The summed E-state index contributed by atoms with van der Waals surface area (Å²) < 4.78 is 0.805. The second-order valence-corrected chi connectivity index (χ2v) is 4.24. The minimum atomic E-state index is -0.332. The number of halogens is 1. The Hall–Kier alpha value is -1.17. The molecule has 1 amide bonds. The van der Waals surface area contributed by atoms with Crippen molar-refractivity contribution in [3.05, 3.63) is 16.9 Å². The molecule has 0 fully saturated rings. The maximum atomic E-state index is 11.5. The minimum Gasteiger partial charge on any atom is -0.347 e. The van der Waals surface area contributed by atoms with Crippen molar-refractivity contribution < 1.29 is 4.79 Å². The first-order chi connectivity index (χ1) is 7.00. The van der Waals surface area contributed by atoms with E-state index >= 15 is 0 Å². The zero-order valence-electron chi connectivity index (χ0n) is 8.86. The van der Waals surface area contributed by atoms with Crippen LogP contribution in [0.2, 0.25) is 0 Å². The van der Waals surface area contributed by atoms with Crippen molar-refractivity contribution in [1.29, 1.82) is 0 Å². The minimum absolute atomic E-state index is 0.0125. The van der Waals surface area contributed by atoms with Crippen molar-refractivity contribution in [2.75, 3.05) is 19.4 Å². The Labute approximate surface area is 97.0 Å². The molecule has 1 atom stereocenters. The molecule has 0 saturated carbocycles. The molecule has 0 saturated heterocycles. The number of nitrogens with zero attached hydrogens (tertiary/aromatic N) is 3. The van der Waals surface area contributed by atoms with Gasteiger partial charge in [-0.3, -0.25) is 4.79 Å². The molecule has 0 aliphatic carbocycles. The number of hydrogen-bond acceptors (Lipinski definition) is 4. The zero-order valence-corrected chi connectivity index (χ0v) is 10.4. The van der Waals surface area contributed by atoms with Gasteiger partial charge in [-0.2, -0.15) is 0 Å². The third kappa shape index (κ3) is 3.47. The molecule has 15 heavy (non-hydrogen) atoms. The van der Waals surface area contributed by atoms with Gasteiger partial charge in [0, 0.05) is 26.5 Å². The number of nitrogens with one attached hydrogen (secondary N) is 1. The molecule has 0 spiro atoms. The van der Waals surface area contributed by atoms with Crippen LogP contribution in [0.1, 0.15) is 6.92 Å². The monoisotopic (exact) mass is 272 g/mol. The van der Waals surface area contributed by atoms with Gasteiger partial charge in [-0.25, -0.2) is 9.97 Å². The van der Waals surface area contributed by atoms with Crippen molar-refractivity contribution >= 4 is 27.8 Å². The molecule has 0 aromatic carbocycles. The van der Waals surface area contributed by atoms with Gasteiger partial charge >= 0.3 is 0 Å². The fourth-order valence-electron chi connectivity index (χ4n) is 1.03. The molecular weight excluding hydrogens is 260 g/mol. The topological polar surface area (TPSA) is 58.1 Å². The summed E-state index contributed by atoms with van der Waals surface area (Å²) in [6, 6.07) is -0.332. The molecule has 1 aromatic rings. The summed E-state index contributed by atoms with van der Waals surface area (Å²) in [5.41, 5.74) is 0. The highest BCUT2D eigenvalue weighted by molar-refractivity contribution is 9.10. The molecule has 1 rings (SSSR count). The Morgan fingerprint density at radius 2 is 2.00 bits per heavy atom. The summed E-state index contributed by atoms with van der Waals surface area (Å²) in [4.78, 5) is 21.1. The van der Waals surface area contributed by atoms with E-state index in [4.69, 9.17) is 0 Å². The molecule has 1 N–H and O–H groups in total. The molecule has 0 unspecified atom stereocenters. The first-order valence-corrected chi connectivity index (χ1v) is 5.25. The van der Waals surface area contributed by atoms with Gasteiger partial charge in [-0.05, 0) is 22.9 Å². The van der Waals surface area contributed by atoms with Gasteiger partial charge in [0.2, 0.25) is 11.9 Å². The van der Waals surface area contributed by atoms with Crippen LogP contribution in [0.25, 0.3) is 0 Å². The quantitative estimate of drug-likeness (QED) is 0.896. The lowest BCUT2D eigenvalue weighted by molar-refractivity contribution is -0.129. The number of carbonyl (C=O) groups is 1. The van der Waals surface area contributed by atoms with E-state index in [0.29, 0.717) is 5.95 Å². The van der Waals surface area contributed by atoms with Crippen LogP contribution < -0.4 is 5.32 Å². The van der Waals surface area contributed by atoms with E-state index in [9.17, 15) is 4.79 Å². The molecule has 1 aromatic heterocycles. The Bertz CT molecular complexity index is 338. The van der Waals surface area contributed by atoms with E-state index in [-0.39, 0.29) is 11.9 Å². The number of anilines is 1. The number of likely N-dealkylation sites (N-methyl/N-ethyl adjacent to an activating group) is 1. The molecule has 82 valence electrons. The van der Waals surface area contributed by atoms with Gasteiger partial charge in [0.05, 0.1) is 4.47 Å². The van der Waals surface area contributed by atoms with E-state index in [0.717, 1.165) is 4.47 Å². The van der Waals surface area contributed by atoms with Crippen molar-refractivity contribution in [1.82, 2.24) is 14.9 Å². The Balaban J connectivity index is 2.62. The third-order valence-corrected chi connectivity index (χ3v) is 2.19. The number of aromatic nitrogens is 2. The summed E-state index contributed by atoms with van der Waals surface area (Å²) in [6.07, 6.45) is 3.25. The second kappa shape index (κ2) is 5.06. The van der Waals surface area contributed by atoms with Crippen LogP contribution in [0.3, 0.4) is 0 Å². The molecule has 0 aliphatic heterocycles. The molecule has 0 aliphatic rings. The van der Waals surface area contributed by atoms with E-state index in [2.05, 4.69) is 31.2 Å². The molecule has 5 nitrogen and oxygen atoms in total. The Morgan fingerprint density at radius 1 is 1.47 bits per heavy atom. The average Bonchev–Trinajstić information content (AvgIpc) is 2.20. The van der Waals surface area contributed by atoms with Crippen LogP contribution >= 0.6 is 15.9 Å². The lowest BCUT2D eigenvalue weighted by Gasteiger charge is -2.17. The Morgan fingerprint density at radius 3 is 2.47 bits per heavy atom. The second-order valence-electron chi connectivity index (χ2n) is 3.32. The molecule has 0 radical (unpaired) electrons. The highest BCUT2D eigenvalue weighted by Gasteiger charge is 2.14. The first-order valence-electron chi connectivity index (χ1n) is 4.46. The smallest absolute Gasteiger partial charge is 0.244 e. The summed E-state index contributed by atoms with van der Waals surface area (Å²) in [5.74, 6) is 0.433. The van der Waals surface area contributed by atoms with E-state index in [1.807, 2.05) is 0 Å². The molecule has 1 heterocycles. The van der Waals surface area contributed by atoms with Gasteiger partial charge in [0.1, 0.15) is 6.04 Å². The fourth-order valence-corrected chi connectivity index (χ4v) is 1.23. The maximum absolute atomic E-state index is 11.5. The van der Waals surface area contributed by atoms with Crippen molar-refractivity contribution in [2.45, 2.75) is 13.0 Å². The summed E-state index contributed by atoms with van der Waals surface area (Å²) in [5, 5.41) is 2.92. The van der Waals surface area contributed by atoms with Crippen LogP contribution in [0.15, 0.2) is 16.9 Å². The van der Waals surface area contributed by atoms with Gasteiger partial charge in [0.15, 0.2) is 0 Å². The van der Waals surface area contributed by atoms with Crippen molar-refractivity contribution in [3.63, 3.8) is 0 Å². The third-order valence-electron chi connectivity index (χ3n) is 1.78. The average molecular weight is 273 g/mol. The molecule has 6 heteroatoms. The summed E-state index contributed by atoms with van der Waals surface area (Å²) >= 11 is 3.24. The molecular formula is C9H13BrN4O. The highest BCUT2D eigenvalue weighted by Crippen LogP contribution is 2.07. The maximum Gasteiger partial charge on any atom is 0.244 e. The number of carbonyl (C=O) groups excluding carboxylic acids is 1. The SMILES string of the molecule is C[C@H](Nc1ncc(Br)cn1)C(=O)N(C)C. The highest BCUT2D eigenvalue weighted by atomic mass is 79.9. The van der Waals surface area contributed by atoms with Crippen LogP contribution in [-0.4, -0.2) is 40.9 Å². The summed E-state index contributed by atoms with van der Waals surface area (Å²) in [7, 11) is 3.42. The van der Waals surface area contributed by atoms with E-state index in [1.165, 1.54) is 4.90 Å². The standard InChI is InChI=1S/C9H13BrN4O/c1-6(8(15)14(2)3)13-9-11-4-7(10)5-12-9/h4-6H,1-3H3,(H,11,12,13)/t6-/m0/s1. The Kier molecular flexibility index (Phi) is 4.02. The predicted molar refractivity (Wildman–Crippen MR) is 61.5 cm³/mol. The van der Waals surface area contributed by atoms with Gasteiger partial charge in [0.25, 0.3) is 0 Å². The van der Waals surface area contributed by atoms with Crippen molar-refractivity contribution in [3.8, 4) is 0 Å². The lowest BCUT2D eigenvalue weighted by atomic mass is 10.3. The fraction of sp³-hybridized carbons (Fsp3) is 0.444. The first kappa shape index (κ1) is 11.9.